The Morgan fingerprint density at radius 2 is 2.19 bits per heavy atom. The van der Waals surface area contributed by atoms with Gasteiger partial charge in [-0.25, -0.2) is 4.98 Å². The summed E-state index contributed by atoms with van der Waals surface area (Å²) in [6.07, 6.45) is 2.30. The van der Waals surface area contributed by atoms with E-state index >= 15 is 0 Å². The molecule has 114 valence electrons. The summed E-state index contributed by atoms with van der Waals surface area (Å²) in [6, 6.07) is 4.30. The summed E-state index contributed by atoms with van der Waals surface area (Å²) in [6.45, 7) is 7.32. The summed E-state index contributed by atoms with van der Waals surface area (Å²) in [5, 5.41) is 14.8. The number of aromatic nitrogens is 3. The first-order chi connectivity index (χ1) is 10.0. The van der Waals surface area contributed by atoms with Gasteiger partial charge in [0.05, 0.1) is 18.0 Å². The van der Waals surface area contributed by atoms with Crippen molar-refractivity contribution < 1.29 is 5.11 Å². The first kappa shape index (κ1) is 14.5. The Kier molecular flexibility index (Phi) is 3.71. The van der Waals surface area contributed by atoms with Gasteiger partial charge in [-0.05, 0) is 38.4 Å². The Hall–Kier alpha value is -1.46. The normalized spacial score (nSPS) is 23.8. The summed E-state index contributed by atoms with van der Waals surface area (Å²) in [5.41, 5.74) is 3.19. The van der Waals surface area contributed by atoms with Gasteiger partial charge in [-0.15, -0.1) is 0 Å². The molecule has 2 aromatic heterocycles. The van der Waals surface area contributed by atoms with Crippen molar-refractivity contribution in [1.82, 2.24) is 19.7 Å². The second kappa shape index (κ2) is 5.39. The van der Waals surface area contributed by atoms with Crippen molar-refractivity contribution in [3.63, 3.8) is 0 Å². The van der Waals surface area contributed by atoms with Crippen molar-refractivity contribution in [2.24, 2.45) is 7.05 Å². The fourth-order valence-corrected chi connectivity index (χ4v) is 3.53. The molecule has 0 aliphatic carbocycles. The average molecular weight is 288 g/mol. The molecule has 1 aliphatic heterocycles. The third-order valence-electron chi connectivity index (χ3n) is 4.68. The van der Waals surface area contributed by atoms with Gasteiger partial charge in [0, 0.05) is 30.9 Å². The zero-order valence-corrected chi connectivity index (χ0v) is 13.1. The summed E-state index contributed by atoms with van der Waals surface area (Å²) >= 11 is 0. The van der Waals surface area contributed by atoms with E-state index in [4.69, 9.17) is 4.98 Å². The van der Waals surface area contributed by atoms with Crippen LogP contribution in [0.25, 0.3) is 11.0 Å². The Morgan fingerprint density at radius 3 is 2.95 bits per heavy atom. The smallest absolute Gasteiger partial charge is 0.158 e. The minimum absolute atomic E-state index is 0.0553. The van der Waals surface area contributed by atoms with Gasteiger partial charge in [0.2, 0.25) is 0 Å². The van der Waals surface area contributed by atoms with E-state index in [-0.39, 0.29) is 12.0 Å². The summed E-state index contributed by atoms with van der Waals surface area (Å²) in [5.74, 6) is 0. The molecule has 0 radical (unpaired) electrons. The number of aryl methyl sites for hydroxylation is 2. The van der Waals surface area contributed by atoms with E-state index in [1.165, 1.54) is 0 Å². The fourth-order valence-electron chi connectivity index (χ4n) is 3.53. The van der Waals surface area contributed by atoms with Crippen LogP contribution in [0.3, 0.4) is 0 Å². The monoisotopic (exact) mass is 288 g/mol. The van der Waals surface area contributed by atoms with E-state index < -0.39 is 0 Å². The van der Waals surface area contributed by atoms with Gasteiger partial charge in [0.25, 0.3) is 0 Å². The van der Waals surface area contributed by atoms with E-state index in [9.17, 15) is 5.11 Å². The first-order valence-electron chi connectivity index (χ1n) is 7.67. The minimum Gasteiger partial charge on any atom is -0.395 e. The summed E-state index contributed by atoms with van der Waals surface area (Å²) in [4.78, 5) is 7.23. The van der Waals surface area contributed by atoms with E-state index in [1.54, 1.807) is 0 Å². The lowest BCUT2D eigenvalue weighted by Gasteiger charge is -2.40. The van der Waals surface area contributed by atoms with Crippen LogP contribution in [0.1, 0.15) is 31.2 Å². The first-order valence-corrected chi connectivity index (χ1v) is 7.67. The highest BCUT2D eigenvalue weighted by molar-refractivity contribution is 5.78. The molecular weight excluding hydrogens is 264 g/mol. The zero-order valence-electron chi connectivity index (χ0n) is 13.1. The van der Waals surface area contributed by atoms with Crippen LogP contribution in [0.2, 0.25) is 0 Å². The second-order valence-corrected chi connectivity index (χ2v) is 6.44. The van der Waals surface area contributed by atoms with Crippen LogP contribution in [0.15, 0.2) is 12.1 Å². The SMILES string of the molecule is Cc1nn(C)c2nc([C@]3(C)CCCN(CCO)C3)ccc12. The number of piperidine rings is 1. The molecular formula is C16H24N4O. The maximum Gasteiger partial charge on any atom is 0.158 e. The number of nitrogens with zero attached hydrogens (tertiary/aromatic N) is 4. The molecule has 1 N–H and O–H groups in total. The molecule has 1 aliphatic rings. The average Bonchev–Trinajstić information content (AvgIpc) is 2.74. The summed E-state index contributed by atoms with van der Waals surface area (Å²) in [7, 11) is 1.95. The van der Waals surface area contributed by atoms with Gasteiger partial charge < -0.3 is 10.0 Å². The Bertz CT molecular complexity index is 649. The summed E-state index contributed by atoms with van der Waals surface area (Å²) < 4.78 is 1.87. The van der Waals surface area contributed by atoms with Crippen molar-refractivity contribution in [3.8, 4) is 0 Å². The van der Waals surface area contributed by atoms with Crippen LogP contribution >= 0.6 is 0 Å². The standard InChI is InChI=1S/C16H24N4O/c1-12-13-5-6-14(17-15(13)19(3)18-12)16(2)7-4-8-20(11-16)9-10-21/h5-6,21H,4,7-11H2,1-3H3/t16-/m1/s1. The number of β-amino-alcohol motifs (C(OH)–C–C–N with tert-alkyl or cyclic N) is 1. The number of rotatable bonds is 3. The number of fused-ring (bicyclic) bond motifs is 1. The van der Waals surface area contributed by atoms with Crippen molar-refractivity contribution in [3.05, 3.63) is 23.5 Å². The van der Waals surface area contributed by atoms with Gasteiger partial charge in [-0.3, -0.25) is 4.68 Å². The quantitative estimate of drug-likeness (QED) is 0.932. The maximum absolute atomic E-state index is 9.17. The zero-order chi connectivity index (χ0) is 15.0. The maximum atomic E-state index is 9.17. The number of likely N-dealkylation sites (tertiary alicyclic amines) is 1. The molecule has 0 bridgehead atoms. The third-order valence-corrected chi connectivity index (χ3v) is 4.68. The van der Waals surface area contributed by atoms with Crippen molar-refractivity contribution >= 4 is 11.0 Å². The van der Waals surface area contributed by atoms with Crippen LogP contribution in [-0.4, -0.2) is 51.0 Å². The molecule has 2 aromatic rings. The molecule has 0 spiro atoms. The number of aliphatic hydroxyl groups excluding tert-OH is 1. The number of aliphatic hydroxyl groups is 1. The van der Waals surface area contributed by atoms with Gasteiger partial charge >= 0.3 is 0 Å². The second-order valence-electron chi connectivity index (χ2n) is 6.44. The lowest BCUT2D eigenvalue weighted by Crippen LogP contribution is -2.45. The molecule has 0 unspecified atom stereocenters. The largest absolute Gasteiger partial charge is 0.395 e. The van der Waals surface area contributed by atoms with E-state index in [0.717, 1.165) is 54.9 Å². The van der Waals surface area contributed by atoms with E-state index in [2.05, 4.69) is 29.1 Å². The molecule has 1 saturated heterocycles. The van der Waals surface area contributed by atoms with Crippen LogP contribution in [-0.2, 0) is 12.5 Å². The molecule has 3 rings (SSSR count). The van der Waals surface area contributed by atoms with Crippen LogP contribution in [0, 0.1) is 6.92 Å². The lowest BCUT2D eigenvalue weighted by molar-refractivity contribution is 0.126. The van der Waals surface area contributed by atoms with Gasteiger partial charge in [-0.2, -0.15) is 5.10 Å². The molecule has 1 atom stereocenters. The highest BCUT2D eigenvalue weighted by Gasteiger charge is 2.34. The minimum atomic E-state index is 0.0553. The van der Waals surface area contributed by atoms with Crippen molar-refractivity contribution in [1.29, 1.82) is 0 Å². The molecule has 21 heavy (non-hydrogen) atoms. The molecule has 0 amide bonds. The van der Waals surface area contributed by atoms with Crippen LogP contribution in [0.4, 0.5) is 0 Å². The van der Waals surface area contributed by atoms with E-state index in [1.807, 2.05) is 18.7 Å². The highest BCUT2D eigenvalue weighted by atomic mass is 16.3. The molecule has 5 nitrogen and oxygen atoms in total. The lowest BCUT2D eigenvalue weighted by atomic mass is 9.78. The van der Waals surface area contributed by atoms with Gasteiger partial charge in [-0.1, -0.05) is 6.92 Å². The molecule has 5 heteroatoms. The number of pyridine rings is 1. The Balaban J connectivity index is 1.96. The van der Waals surface area contributed by atoms with Crippen LogP contribution < -0.4 is 0 Å². The number of hydrogen-bond donors (Lipinski definition) is 1. The van der Waals surface area contributed by atoms with Gasteiger partial charge in [0.15, 0.2) is 5.65 Å². The Labute approximate surface area is 125 Å². The third kappa shape index (κ3) is 2.56. The Morgan fingerprint density at radius 1 is 1.38 bits per heavy atom. The predicted molar refractivity (Wildman–Crippen MR) is 83.4 cm³/mol. The molecule has 0 aromatic carbocycles. The molecule has 0 saturated carbocycles. The van der Waals surface area contributed by atoms with E-state index in [0.29, 0.717) is 0 Å². The van der Waals surface area contributed by atoms with Crippen molar-refractivity contribution in [2.75, 3.05) is 26.2 Å². The topological polar surface area (TPSA) is 54.2 Å². The van der Waals surface area contributed by atoms with Crippen molar-refractivity contribution in [2.45, 2.75) is 32.1 Å². The molecule has 1 fully saturated rings. The predicted octanol–water partition coefficient (Wildman–Crippen LogP) is 1.62. The number of hydrogen-bond acceptors (Lipinski definition) is 4. The highest BCUT2D eigenvalue weighted by Crippen LogP contribution is 2.33. The fraction of sp³-hybridized carbons (Fsp3) is 0.625. The van der Waals surface area contributed by atoms with Gasteiger partial charge in [0.1, 0.15) is 0 Å². The molecule has 3 heterocycles. The van der Waals surface area contributed by atoms with Crippen LogP contribution in [0.5, 0.6) is 0 Å².